The van der Waals surface area contributed by atoms with Crippen LogP contribution < -0.4 is 5.32 Å². The summed E-state index contributed by atoms with van der Waals surface area (Å²) in [6, 6.07) is 3.96. The van der Waals surface area contributed by atoms with Crippen LogP contribution in [0.3, 0.4) is 0 Å². The normalized spacial score (nSPS) is 11.1. The third-order valence-electron chi connectivity index (χ3n) is 3.73. The average molecular weight is 289 g/mol. The second-order valence-electron chi connectivity index (χ2n) is 5.63. The second-order valence-corrected chi connectivity index (χ2v) is 5.63. The minimum absolute atomic E-state index is 0.834. The Kier molecular flexibility index (Phi) is 6.54. The number of aryl methyl sites for hydroxylation is 1. The summed E-state index contributed by atoms with van der Waals surface area (Å²) in [6.07, 6.45) is 9.86. The third kappa shape index (κ3) is 5.05. The molecule has 0 saturated heterocycles. The highest BCUT2D eigenvalue weighted by molar-refractivity contribution is 5.56. The molecular weight excluding hydrogens is 262 g/mol. The highest BCUT2D eigenvalue weighted by Gasteiger charge is 2.10. The molecule has 0 fully saturated rings. The molecule has 0 aromatic carbocycles. The topological polar surface area (TPSA) is 53.9 Å². The zero-order valence-electron chi connectivity index (χ0n) is 13.2. The Morgan fingerprint density at radius 3 is 2.71 bits per heavy atom. The number of rotatable bonds is 10. The third-order valence-corrected chi connectivity index (χ3v) is 3.73. The van der Waals surface area contributed by atoms with Crippen molar-refractivity contribution in [1.29, 1.82) is 0 Å². The largest absolute Gasteiger partial charge is 0.460 e. The lowest BCUT2D eigenvalue weighted by Crippen LogP contribution is -2.14. The molecule has 0 bridgehead atoms. The van der Waals surface area contributed by atoms with Crippen molar-refractivity contribution < 1.29 is 4.42 Å². The van der Waals surface area contributed by atoms with Gasteiger partial charge in [0, 0.05) is 12.1 Å². The number of hydrogen-bond donors (Lipinski definition) is 2. The molecule has 2 aromatic rings. The van der Waals surface area contributed by atoms with Crippen LogP contribution in [0.2, 0.25) is 0 Å². The van der Waals surface area contributed by atoms with E-state index in [2.05, 4.69) is 22.4 Å². The van der Waals surface area contributed by atoms with Crippen molar-refractivity contribution >= 4 is 0 Å². The zero-order chi connectivity index (χ0) is 14.9. The molecule has 0 atom stereocenters. The Morgan fingerprint density at radius 2 is 1.95 bits per heavy atom. The average Bonchev–Trinajstić information content (AvgIpc) is 3.10. The first-order valence-electron chi connectivity index (χ1n) is 8.11. The maximum atomic E-state index is 5.65. The molecule has 0 aliphatic rings. The summed E-state index contributed by atoms with van der Waals surface area (Å²) in [5.74, 6) is 1.78. The fourth-order valence-corrected chi connectivity index (χ4v) is 2.48. The summed E-state index contributed by atoms with van der Waals surface area (Å²) in [5, 5.41) is 10.7. The Hall–Kier alpha value is -1.55. The summed E-state index contributed by atoms with van der Waals surface area (Å²) < 4.78 is 5.65. The number of aromatic nitrogens is 2. The van der Waals surface area contributed by atoms with Gasteiger partial charge in [-0.05, 0) is 32.0 Å². The summed E-state index contributed by atoms with van der Waals surface area (Å²) >= 11 is 0. The minimum atomic E-state index is 0.834. The van der Waals surface area contributed by atoms with E-state index in [0.717, 1.165) is 35.9 Å². The number of unbranched alkanes of at least 4 members (excludes halogenated alkanes) is 5. The summed E-state index contributed by atoms with van der Waals surface area (Å²) in [6.45, 7) is 6.11. The maximum Gasteiger partial charge on any atom is 0.152 e. The van der Waals surface area contributed by atoms with Gasteiger partial charge in [-0.1, -0.05) is 39.0 Å². The predicted octanol–water partition coefficient (Wildman–Crippen LogP) is 4.43. The van der Waals surface area contributed by atoms with E-state index in [-0.39, 0.29) is 0 Å². The number of nitrogens with one attached hydrogen (secondary N) is 2. The molecule has 2 rings (SSSR count). The SMILES string of the molecule is CCCCCCCCNCc1cn[nH]c1-c1ccc(C)o1. The van der Waals surface area contributed by atoms with Crippen molar-refractivity contribution in [2.45, 2.75) is 58.9 Å². The Labute approximate surface area is 127 Å². The molecule has 0 aliphatic carbocycles. The first kappa shape index (κ1) is 15.8. The van der Waals surface area contributed by atoms with Crippen LogP contribution in [0, 0.1) is 6.92 Å². The van der Waals surface area contributed by atoms with Crippen molar-refractivity contribution in [3.63, 3.8) is 0 Å². The fourth-order valence-electron chi connectivity index (χ4n) is 2.48. The van der Waals surface area contributed by atoms with Gasteiger partial charge in [-0.25, -0.2) is 0 Å². The number of hydrogen-bond acceptors (Lipinski definition) is 3. The zero-order valence-corrected chi connectivity index (χ0v) is 13.2. The van der Waals surface area contributed by atoms with Crippen LogP contribution in [0.15, 0.2) is 22.7 Å². The van der Waals surface area contributed by atoms with E-state index in [9.17, 15) is 0 Å². The second kappa shape index (κ2) is 8.67. The Morgan fingerprint density at radius 1 is 1.14 bits per heavy atom. The van der Waals surface area contributed by atoms with Crippen LogP contribution in [0.4, 0.5) is 0 Å². The van der Waals surface area contributed by atoms with Crippen molar-refractivity contribution in [2.75, 3.05) is 6.54 Å². The van der Waals surface area contributed by atoms with Crippen LogP contribution in [0.1, 0.15) is 56.8 Å². The molecule has 4 heteroatoms. The molecule has 0 amide bonds. The fraction of sp³-hybridized carbons (Fsp3) is 0.588. The molecule has 2 heterocycles. The standard InChI is InChI=1S/C17H27N3O/c1-3-4-5-6-7-8-11-18-12-15-13-19-20-17(15)16-10-9-14(2)21-16/h9-10,13,18H,3-8,11-12H2,1-2H3,(H,19,20). The van der Waals surface area contributed by atoms with Gasteiger partial charge in [0.1, 0.15) is 11.5 Å². The van der Waals surface area contributed by atoms with E-state index in [0.29, 0.717) is 0 Å². The van der Waals surface area contributed by atoms with Gasteiger partial charge in [-0.15, -0.1) is 0 Å². The number of aromatic amines is 1. The summed E-state index contributed by atoms with van der Waals surface area (Å²) in [5.41, 5.74) is 2.15. The van der Waals surface area contributed by atoms with Crippen molar-refractivity contribution in [3.8, 4) is 11.5 Å². The summed E-state index contributed by atoms with van der Waals surface area (Å²) in [4.78, 5) is 0. The smallest absolute Gasteiger partial charge is 0.152 e. The molecule has 21 heavy (non-hydrogen) atoms. The quantitative estimate of drug-likeness (QED) is 0.636. The first-order valence-corrected chi connectivity index (χ1v) is 8.11. The number of nitrogens with zero attached hydrogens (tertiary/aromatic N) is 1. The Bertz CT molecular complexity index is 516. The molecule has 4 nitrogen and oxygen atoms in total. The lowest BCUT2D eigenvalue weighted by atomic mass is 10.1. The van der Waals surface area contributed by atoms with Gasteiger partial charge in [0.05, 0.1) is 6.20 Å². The molecule has 2 N–H and O–H groups in total. The number of H-pyrrole nitrogens is 1. The molecule has 0 aliphatic heterocycles. The molecule has 0 spiro atoms. The lowest BCUT2D eigenvalue weighted by Gasteiger charge is -2.05. The van der Waals surface area contributed by atoms with E-state index >= 15 is 0 Å². The molecular formula is C17H27N3O. The van der Waals surface area contributed by atoms with E-state index < -0.39 is 0 Å². The van der Waals surface area contributed by atoms with Gasteiger partial charge in [-0.2, -0.15) is 5.10 Å². The Balaban J connectivity index is 1.69. The maximum absolute atomic E-state index is 5.65. The predicted molar refractivity (Wildman–Crippen MR) is 86.1 cm³/mol. The van der Waals surface area contributed by atoms with E-state index in [1.54, 1.807) is 0 Å². The first-order chi connectivity index (χ1) is 10.3. The van der Waals surface area contributed by atoms with Crippen LogP contribution in [0.25, 0.3) is 11.5 Å². The molecule has 2 aromatic heterocycles. The van der Waals surface area contributed by atoms with Crippen LogP contribution in [0.5, 0.6) is 0 Å². The van der Waals surface area contributed by atoms with E-state index in [1.807, 2.05) is 25.3 Å². The van der Waals surface area contributed by atoms with Crippen LogP contribution in [-0.2, 0) is 6.54 Å². The molecule has 0 saturated carbocycles. The van der Waals surface area contributed by atoms with Gasteiger partial charge in [0.15, 0.2) is 5.76 Å². The minimum Gasteiger partial charge on any atom is -0.460 e. The van der Waals surface area contributed by atoms with Crippen molar-refractivity contribution in [1.82, 2.24) is 15.5 Å². The van der Waals surface area contributed by atoms with Crippen LogP contribution >= 0.6 is 0 Å². The van der Waals surface area contributed by atoms with E-state index in [1.165, 1.54) is 38.5 Å². The van der Waals surface area contributed by atoms with Gasteiger partial charge in [0.25, 0.3) is 0 Å². The highest BCUT2D eigenvalue weighted by Crippen LogP contribution is 2.23. The van der Waals surface area contributed by atoms with Gasteiger partial charge in [-0.3, -0.25) is 5.10 Å². The highest BCUT2D eigenvalue weighted by atomic mass is 16.3. The molecule has 0 unspecified atom stereocenters. The molecule has 116 valence electrons. The van der Waals surface area contributed by atoms with Gasteiger partial charge >= 0.3 is 0 Å². The molecule has 0 radical (unpaired) electrons. The van der Waals surface area contributed by atoms with Gasteiger partial charge < -0.3 is 9.73 Å². The van der Waals surface area contributed by atoms with E-state index in [4.69, 9.17) is 4.42 Å². The number of furan rings is 1. The summed E-state index contributed by atoms with van der Waals surface area (Å²) in [7, 11) is 0. The monoisotopic (exact) mass is 289 g/mol. The van der Waals surface area contributed by atoms with Crippen molar-refractivity contribution in [2.24, 2.45) is 0 Å². The van der Waals surface area contributed by atoms with Gasteiger partial charge in [0.2, 0.25) is 0 Å². The van der Waals surface area contributed by atoms with Crippen molar-refractivity contribution in [3.05, 3.63) is 29.7 Å². The van der Waals surface area contributed by atoms with Crippen LogP contribution in [-0.4, -0.2) is 16.7 Å². The lowest BCUT2D eigenvalue weighted by molar-refractivity contribution is 0.544.